The van der Waals surface area contributed by atoms with Crippen molar-refractivity contribution >= 4 is 27.8 Å². The van der Waals surface area contributed by atoms with Crippen LogP contribution in [0.3, 0.4) is 0 Å². The van der Waals surface area contributed by atoms with Crippen LogP contribution in [0.25, 0.3) is 0 Å². The molecule has 1 aliphatic heterocycles. The molecular weight excluding hydrogens is 326 g/mol. The van der Waals surface area contributed by atoms with Gasteiger partial charge in [-0.05, 0) is 33.6 Å². The van der Waals surface area contributed by atoms with E-state index in [-0.39, 0.29) is 23.9 Å². The normalized spacial score (nSPS) is 17.9. The lowest BCUT2D eigenvalue weighted by Gasteiger charge is -2.23. The number of phenols is 1. The summed E-state index contributed by atoms with van der Waals surface area (Å²) in [6.45, 7) is 0.0918. The van der Waals surface area contributed by atoms with Gasteiger partial charge in [-0.1, -0.05) is 5.92 Å². The maximum absolute atomic E-state index is 11.7. The number of urea groups is 1. The van der Waals surface area contributed by atoms with Gasteiger partial charge in [0.1, 0.15) is 11.9 Å². The van der Waals surface area contributed by atoms with Crippen LogP contribution in [0.15, 0.2) is 21.6 Å². The minimum atomic E-state index is -0.565. The summed E-state index contributed by atoms with van der Waals surface area (Å²) in [4.78, 5) is 16.8. The SMILES string of the molecule is C#CCN1C(=O)N=C(N)C1c1cc(Br)c(O)c(OC)c1. The van der Waals surface area contributed by atoms with Crippen molar-refractivity contribution in [2.75, 3.05) is 13.7 Å². The smallest absolute Gasteiger partial charge is 0.346 e. The molecule has 1 heterocycles. The van der Waals surface area contributed by atoms with Crippen LogP contribution in [0.2, 0.25) is 0 Å². The quantitative estimate of drug-likeness (QED) is 0.820. The lowest BCUT2D eigenvalue weighted by atomic mass is 10.0. The van der Waals surface area contributed by atoms with Gasteiger partial charge < -0.3 is 15.6 Å². The summed E-state index contributed by atoms with van der Waals surface area (Å²) >= 11 is 3.22. The molecule has 6 nitrogen and oxygen atoms in total. The molecule has 1 unspecified atom stereocenters. The van der Waals surface area contributed by atoms with E-state index in [1.807, 2.05) is 0 Å². The number of aromatic hydroxyl groups is 1. The van der Waals surface area contributed by atoms with E-state index in [4.69, 9.17) is 16.9 Å². The number of rotatable bonds is 3. The third-order valence-electron chi connectivity index (χ3n) is 2.91. The van der Waals surface area contributed by atoms with Gasteiger partial charge in [-0.25, -0.2) is 4.79 Å². The number of ether oxygens (including phenoxy) is 1. The van der Waals surface area contributed by atoms with Crippen LogP contribution in [0.4, 0.5) is 4.79 Å². The first-order chi connectivity index (χ1) is 9.49. The highest BCUT2D eigenvalue weighted by Crippen LogP contribution is 2.39. The van der Waals surface area contributed by atoms with Gasteiger partial charge in [0, 0.05) is 0 Å². The molecule has 3 N–H and O–H groups in total. The molecule has 1 aromatic rings. The van der Waals surface area contributed by atoms with Crippen LogP contribution < -0.4 is 10.5 Å². The fourth-order valence-electron chi connectivity index (χ4n) is 2.02. The Hall–Kier alpha value is -2.20. The number of terminal acetylenes is 1. The van der Waals surface area contributed by atoms with Crippen molar-refractivity contribution in [3.05, 3.63) is 22.2 Å². The fourth-order valence-corrected chi connectivity index (χ4v) is 2.48. The first kappa shape index (κ1) is 14.2. The summed E-state index contributed by atoms with van der Waals surface area (Å²) in [6, 6.07) is 2.19. The van der Waals surface area contributed by atoms with Crippen molar-refractivity contribution in [1.29, 1.82) is 0 Å². The van der Waals surface area contributed by atoms with Crippen molar-refractivity contribution in [3.8, 4) is 23.8 Å². The number of carbonyl (C=O) groups is 1. The van der Waals surface area contributed by atoms with E-state index in [9.17, 15) is 9.90 Å². The zero-order valence-corrected chi connectivity index (χ0v) is 12.2. The van der Waals surface area contributed by atoms with E-state index < -0.39 is 12.1 Å². The summed E-state index contributed by atoms with van der Waals surface area (Å²) in [6.07, 6.45) is 5.26. The van der Waals surface area contributed by atoms with Gasteiger partial charge in [-0.3, -0.25) is 4.90 Å². The number of hydrogen-bond acceptors (Lipinski definition) is 4. The molecule has 1 aliphatic rings. The molecule has 0 bridgehead atoms. The van der Waals surface area contributed by atoms with Crippen LogP contribution >= 0.6 is 15.9 Å². The molecule has 0 spiro atoms. The number of halogens is 1. The van der Waals surface area contributed by atoms with Gasteiger partial charge >= 0.3 is 6.03 Å². The van der Waals surface area contributed by atoms with Crippen molar-refractivity contribution in [3.63, 3.8) is 0 Å². The van der Waals surface area contributed by atoms with Crippen LogP contribution in [-0.2, 0) is 0 Å². The molecule has 0 saturated heterocycles. The Labute approximate surface area is 124 Å². The van der Waals surface area contributed by atoms with Crippen molar-refractivity contribution in [2.24, 2.45) is 10.7 Å². The summed E-state index contributed by atoms with van der Waals surface area (Å²) in [5.74, 6) is 2.79. The van der Waals surface area contributed by atoms with E-state index in [1.54, 1.807) is 12.1 Å². The van der Waals surface area contributed by atoms with Gasteiger partial charge in [0.2, 0.25) is 0 Å². The van der Waals surface area contributed by atoms with Crippen LogP contribution in [0.5, 0.6) is 11.5 Å². The average Bonchev–Trinajstić information content (AvgIpc) is 2.68. The van der Waals surface area contributed by atoms with Gasteiger partial charge in [-0.2, -0.15) is 4.99 Å². The largest absolute Gasteiger partial charge is 0.503 e. The standard InChI is InChI=1S/C13H12BrN3O3/c1-3-4-17-10(12(15)16-13(17)19)7-5-8(14)11(18)9(6-7)20-2/h1,5-6,10,18H,4H2,2H3,(H2,15,16,19). The highest BCUT2D eigenvalue weighted by Gasteiger charge is 2.34. The average molecular weight is 338 g/mol. The Bertz CT molecular complexity index is 636. The van der Waals surface area contributed by atoms with Gasteiger partial charge in [-0.15, -0.1) is 6.42 Å². The highest BCUT2D eigenvalue weighted by molar-refractivity contribution is 9.10. The van der Waals surface area contributed by atoms with Gasteiger partial charge in [0.05, 0.1) is 18.1 Å². The highest BCUT2D eigenvalue weighted by atomic mass is 79.9. The van der Waals surface area contributed by atoms with E-state index in [2.05, 4.69) is 26.8 Å². The van der Waals surface area contributed by atoms with Crippen molar-refractivity contribution in [1.82, 2.24) is 4.90 Å². The third kappa shape index (κ3) is 2.30. The Morgan fingerprint density at radius 3 is 2.95 bits per heavy atom. The van der Waals surface area contributed by atoms with Crippen LogP contribution in [0, 0.1) is 12.3 Å². The molecule has 2 amide bonds. The summed E-state index contributed by atoms with van der Waals surface area (Å²) in [7, 11) is 1.43. The van der Waals surface area contributed by atoms with E-state index >= 15 is 0 Å². The molecule has 0 saturated carbocycles. The zero-order chi connectivity index (χ0) is 14.9. The van der Waals surface area contributed by atoms with E-state index in [1.165, 1.54) is 12.0 Å². The van der Waals surface area contributed by atoms with E-state index in [0.29, 0.717) is 10.0 Å². The number of amidine groups is 1. The zero-order valence-electron chi connectivity index (χ0n) is 10.6. The minimum Gasteiger partial charge on any atom is -0.503 e. The molecule has 20 heavy (non-hydrogen) atoms. The lowest BCUT2D eigenvalue weighted by Crippen LogP contribution is -2.33. The van der Waals surface area contributed by atoms with Crippen molar-refractivity contribution < 1.29 is 14.6 Å². The molecule has 1 aromatic carbocycles. The number of benzene rings is 1. The molecule has 0 fully saturated rings. The van der Waals surface area contributed by atoms with Gasteiger partial charge in [0.25, 0.3) is 0 Å². The predicted octanol–water partition coefficient (Wildman–Crippen LogP) is 1.63. The number of nitrogens with zero attached hydrogens (tertiary/aromatic N) is 2. The topological polar surface area (TPSA) is 88.2 Å². The number of amides is 2. The first-order valence-electron chi connectivity index (χ1n) is 5.64. The molecule has 7 heteroatoms. The van der Waals surface area contributed by atoms with Gasteiger partial charge in [0.15, 0.2) is 11.5 Å². The maximum atomic E-state index is 11.7. The Morgan fingerprint density at radius 2 is 2.35 bits per heavy atom. The molecule has 1 atom stereocenters. The molecule has 0 aliphatic carbocycles. The number of hydrogen-bond donors (Lipinski definition) is 2. The number of carbonyl (C=O) groups excluding carboxylic acids is 1. The third-order valence-corrected chi connectivity index (χ3v) is 3.51. The number of methoxy groups -OCH3 is 1. The lowest BCUT2D eigenvalue weighted by molar-refractivity contribution is 0.213. The van der Waals surface area contributed by atoms with E-state index in [0.717, 1.165) is 0 Å². The fraction of sp³-hybridized carbons (Fsp3) is 0.231. The van der Waals surface area contributed by atoms with Crippen LogP contribution in [-0.4, -0.2) is 35.5 Å². The molecular formula is C13H12BrN3O3. The minimum absolute atomic E-state index is 0.0282. The number of phenolic OH excluding ortho intramolecular Hbond substituents is 1. The predicted molar refractivity (Wildman–Crippen MR) is 77.7 cm³/mol. The first-order valence-corrected chi connectivity index (χ1v) is 6.43. The Morgan fingerprint density at radius 1 is 1.65 bits per heavy atom. The second-order valence-corrected chi connectivity index (χ2v) is 4.96. The van der Waals surface area contributed by atoms with Crippen molar-refractivity contribution in [2.45, 2.75) is 6.04 Å². The summed E-state index contributed by atoms with van der Waals surface area (Å²) < 4.78 is 5.51. The molecule has 0 aromatic heterocycles. The number of aliphatic imine (C=N–C) groups is 1. The Kier molecular flexibility index (Phi) is 3.86. The second kappa shape index (κ2) is 5.43. The second-order valence-electron chi connectivity index (χ2n) is 4.11. The molecule has 0 radical (unpaired) electrons. The monoisotopic (exact) mass is 337 g/mol. The molecule has 2 rings (SSSR count). The Balaban J connectivity index is 2.50. The summed E-state index contributed by atoms with van der Waals surface area (Å²) in [5.41, 5.74) is 6.45. The maximum Gasteiger partial charge on any atom is 0.346 e. The number of nitrogens with two attached hydrogens (primary N) is 1. The van der Waals surface area contributed by atoms with Crippen LogP contribution in [0.1, 0.15) is 11.6 Å². The summed E-state index contributed by atoms with van der Waals surface area (Å²) in [5, 5.41) is 9.81. The molecule has 104 valence electrons.